The minimum Gasteiger partial charge on any atom is -0.506 e. The van der Waals surface area contributed by atoms with Crippen molar-refractivity contribution in [3.05, 3.63) is 76.7 Å². The van der Waals surface area contributed by atoms with E-state index in [-0.39, 0.29) is 27.8 Å². The number of nitriles is 1. The number of benzene rings is 3. The number of hydrogen-bond acceptors (Lipinski definition) is 5. The van der Waals surface area contributed by atoms with Gasteiger partial charge in [0.15, 0.2) is 5.82 Å². The number of phenols is 1. The molecule has 9 heteroatoms. The second-order valence-corrected chi connectivity index (χ2v) is 9.20. The lowest BCUT2D eigenvalue weighted by Gasteiger charge is -2.34. The Bertz CT molecular complexity index is 1520. The van der Waals surface area contributed by atoms with Crippen molar-refractivity contribution in [2.75, 3.05) is 18.0 Å². The molecule has 1 aliphatic rings. The molecular formula is C27H20ClF3N4O. The molecule has 182 valence electrons. The number of nitrogens with two attached hydrogens (primary N) is 1. The lowest BCUT2D eigenvalue weighted by molar-refractivity contribution is 0.470. The number of pyridine rings is 1. The van der Waals surface area contributed by atoms with E-state index in [4.69, 9.17) is 17.3 Å². The first-order chi connectivity index (χ1) is 17.3. The van der Waals surface area contributed by atoms with Crippen LogP contribution in [0.15, 0.2) is 48.7 Å². The maximum atomic E-state index is 15.1. The molecule has 0 spiro atoms. The van der Waals surface area contributed by atoms with Crippen molar-refractivity contribution >= 4 is 28.2 Å². The zero-order valence-electron chi connectivity index (χ0n) is 18.9. The van der Waals surface area contributed by atoms with Gasteiger partial charge in [0.2, 0.25) is 0 Å². The van der Waals surface area contributed by atoms with Crippen molar-refractivity contribution in [1.82, 2.24) is 4.98 Å². The van der Waals surface area contributed by atoms with Crippen LogP contribution in [-0.4, -0.2) is 29.2 Å². The van der Waals surface area contributed by atoms with Crippen LogP contribution in [0, 0.1) is 28.8 Å². The molecule has 3 N–H and O–H groups in total. The molecule has 0 radical (unpaired) electrons. The monoisotopic (exact) mass is 508 g/mol. The molecule has 2 heterocycles. The third-order valence-electron chi connectivity index (χ3n) is 6.47. The molecule has 0 amide bonds. The Morgan fingerprint density at radius 2 is 1.72 bits per heavy atom. The highest BCUT2D eigenvalue weighted by Crippen LogP contribution is 2.43. The highest BCUT2D eigenvalue weighted by molar-refractivity contribution is 6.31. The number of rotatable bonds is 3. The first-order valence-corrected chi connectivity index (χ1v) is 11.7. The topological polar surface area (TPSA) is 86.2 Å². The van der Waals surface area contributed by atoms with Gasteiger partial charge in [-0.05, 0) is 54.3 Å². The Kier molecular flexibility index (Phi) is 6.20. The first kappa shape index (κ1) is 23.9. The molecule has 0 saturated carbocycles. The number of aromatic nitrogens is 1. The predicted molar refractivity (Wildman–Crippen MR) is 133 cm³/mol. The van der Waals surface area contributed by atoms with E-state index >= 15 is 4.39 Å². The van der Waals surface area contributed by atoms with E-state index in [1.165, 1.54) is 12.1 Å². The van der Waals surface area contributed by atoms with Gasteiger partial charge in [-0.2, -0.15) is 5.26 Å². The lowest BCUT2D eigenvalue weighted by Crippen LogP contribution is -2.40. The molecule has 1 saturated heterocycles. The van der Waals surface area contributed by atoms with Crippen LogP contribution >= 0.6 is 11.6 Å². The van der Waals surface area contributed by atoms with Crippen molar-refractivity contribution in [2.45, 2.75) is 18.9 Å². The summed E-state index contributed by atoms with van der Waals surface area (Å²) in [6.45, 7) is 1.20. The van der Waals surface area contributed by atoms with E-state index in [0.717, 1.165) is 25.0 Å². The Morgan fingerprint density at radius 1 is 1.03 bits per heavy atom. The maximum absolute atomic E-state index is 15.1. The largest absolute Gasteiger partial charge is 0.506 e. The summed E-state index contributed by atoms with van der Waals surface area (Å²) in [6, 6.07) is 11.1. The Balaban J connectivity index is 1.80. The highest BCUT2D eigenvalue weighted by atomic mass is 35.5. The Hall–Kier alpha value is -3.80. The molecule has 1 fully saturated rings. The van der Waals surface area contributed by atoms with Crippen molar-refractivity contribution in [3.8, 4) is 34.1 Å². The van der Waals surface area contributed by atoms with Crippen LogP contribution in [0.4, 0.5) is 18.9 Å². The Morgan fingerprint density at radius 3 is 2.39 bits per heavy atom. The standard InChI is InChI=1S/C27H20ClF3N4O/c28-22-10-16(12-32)27(36)24(25(22)31)14-1-2-23-20(9-14)26(35-5-3-19(33)4-6-35)21(13-34-23)15-7-17(29)11-18(30)8-15/h1-2,7-11,13,19,36H,3-6,33H2. The van der Waals surface area contributed by atoms with Crippen LogP contribution in [0.2, 0.25) is 5.02 Å². The summed E-state index contributed by atoms with van der Waals surface area (Å²) in [5.41, 5.74) is 8.04. The van der Waals surface area contributed by atoms with Crippen LogP contribution in [0.5, 0.6) is 5.75 Å². The first-order valence-electron chi connectivity index (χ1n) is 11.3. The van der Waals surface area contributed by atoms with Gasteiger partial charge in [-0.25, -0.2) is 13.2 Å². The average molecular weight is 509 g/mol. The van der Waals surface area contributed by atoms with Crippen molar-refractivity contribution in [2.24, 2.45) is 5.73 Å². The van der Waals surface area contributed by atoms with Gasteiger partial charge in [0, 0.05) is 42.3 Å². The number of anilines is 1. The van der Waals surface area contributed by atoms with Gasteiger partial charge in [0.05, 0.1) is 27.4 Å². The molecule has 3 aromatic carbocycles. The van der Waals surface area contributed by atoms with Crippen LogP contribution in [0.1, 0.15) is 18.4 Å². The van der Waals surface area contributed by atoms with Crippen molar-refractivity contribution in [3.63, 3.8) is 0 Å². The highest BCUT2D eigenvalue weighted by Gasteiger charge is 2.24. The fourth-order valence-corrected chi connectivity index (χ4v) is 4.89. The number of nitrogens with zero attached hydrogens (tertiary/aromatic N) is 3. The number of aromatic hydroxyl groups is 1. The normalized spacial score (nSPS) is 14.3. The number of hydrogen-bond donors (Lipinski definition) is 2. The van der Waals surface area contributed by atoms with Gasteiger partial charge in [0.1, 0.15) is 23.5 Å². The zero-order chi connectivity index (χ0) is 25.6. The number of fused-ring (bicyclic) bond motifs is 1. The molecule has 0 unspecified atom stereocenters. The average Bonchev–Trinajstić information content (AvgIpc) is 2.85. The van der Waals surface area contributed by atoms with Gasteiger partial charge in [-0.15, -0.1) is 0 Å². The van der Waals surface area contributed by atoms with Crippen LogP contribution < -0.4 is 10.6 Å². The molecule has 5 nitrogen and oxygen atoms in total. The summed E-state index contributed by atoms with van der Waals surface area (Å²) in [5, 5.41) is 20.2. The van der Waals surface area contributed by atoms with Gasteiger partial charge in [-0.1, -0.05) is 17.7 Å². The summed E-state index contributed by atoms with van der Waals surface area (Å²) < 4.78 is 43.3. The Labute approximate surface area is 210 Å². The second kappa shape index (κ2) is 9.34. The summed E-state index contributed by atoms with van der Waals surface area (Å²) in [5.74, 6) is -2.84. The molecule has 36 heavy (non-hydrogen) atoms. The summed E-state index contributed by atoms with van der Waals surface area (Å²) >= 11 is 6.00. The van der Waals surface area contributed by atoms with E-state index in [9.17, 15) is 19.1 Å². The summed E-state index contributed by atoms with van der Waals surface area (Å²) in [6.07, 6.45) is 3.00. The lowest BCUT2D eigenvalue weighted by atomic mass is 9.95. The van der Waals surface area contributed by atoms with Gasteiger partial charge >= 0.3 is 0 Å². The molecular weight excluding hydrogens is 489 g/mol. The van der Waals surface area contributed by atoms with Crippen LogP contribution in [-0.2, 0) is 0 Å². The summed E-state index contributed by atoms with van der Waals surface area (Å²) in [7, 11) is 0. The maximum Gasteiger partial charge on any atom is 0.153 e. The quantitative estimate of drug-likeness (QED) is 0.347. The minimum atomic E-state index is -0.866. The van der Waals surface area contributed by atoms with Crippen molar-refractivity contribution in [1.29, 1.82) is 5.26 Å². The number of phenolic OH excluding ortho intramolecular Hbond substituents is 1. The van der Waals surface area contributed by atoms with Gasteiger partial charge in [0.25, 0.3) is 0 Å². The number of piperidine rings is 1. The molecule has 0 bridgehead atoms. The zero-order valence-corrected chi connectivity index (χ0v) is 19.7. The summed E-state index contributed by atoms with van der Waals surface area (Å²) in [4.78, 5) is 6.56. The fourth-order valence-electron chi connectivity index (χ4n) is 4.68. The molecule has 1 aromatic heterocycles. The molecule has 0 atom stereocenters. The third kappa shape index (κ3) is 4.21. The molecule has 5 rings (SSSR count). The van der Waals surface area contributed by atoms with Crippen LogP contribution in [0.3, 0.4) is 0 Å². The van der Waals surface area contributed by atoms with E-state index in [0.29, 0.717) is 40.8 Å². The molecule has 0 aliphatic carbocycles. The minimum absolute atomic E-state index is 0.0434. The SMILES string of the molecule is N#Cc1cc(Cl)c(F)c(-c2ccc3ncc(-c4cc(F)cc(F)c4)c(N4CCC(N)CC4)c3c2)c1O. The third-order valence-corrected chi connectivity index (χ3v) is 6.75. The van der Waals surface area contributed by atoms with E-state index in [1.807, 2.05) is 6.07 Å². The van der Waals surface area contributed by atoms with E-state index < -0.39 is 23.2 Å². The van der Waals surface area contributed by atoms with Crippen molar-refractivity contribution < 1.29 is 18.3 Å². The molecule has 1 aliphatic heterocycles. The van der Waals surface area contributed by atoms with E-state index in [2.05, 4.69) is 9.88 Å². The second-order valence-electron chi connectivity index (χ2n) is 8.79. The smallest absolute Gasteiger partial charge is 0.153 e. The van der Waals surface area contributed by atoms with Gasteiger partial charge < -0.3 is 15.7 Å². The molecule has 4 aromatic rings. The van der Waals surface area contributed by atoms with Gasteiger partial charge in [-0.3, -0.25) is 4.98 Å². The number of halogens is 4. The van der Waals surface area contributed by atoms with E-state index in [1.54, 1.807) is 24.4 Å². The van der Waals surface area contributed by atoms with Crippen LogP contribution in [0.25, 0.3) is 33.2 Å². The fraction of sp³-hybridized carbons (Fsp3) is 0.185. The predicted octanol–water partition coefficient (Wildman–Crippen LogP) is 6.14.